The highest BCUT2D eigenvalue weighted by atomic mass is 32.2. The zero-order valence-corrected chi connectivity index (χ0v) is 16.3. The van der Waals surface area contributed by atoms with Crippen LogP contribution in [0.4, 0.5) is 0 Å². The maximum atomic E-state index is 12.4. The monoisotopic (exact) mass is 373 g/mol. The van der Waals surface area contributed by atoms with Crippen molar-refractivity contribution >= 4 is 23.6 Å². The van der Waals surface area contributed by atoms with Crippen molar-refractivity contribution in [2.75, 3.05) is 13.3 Å². The van der Waals surface area contributed by atoms with Crippen LogP contribution >= 0.6 is 11.8 Å². The van der Waals surface area contributed by atoms with Gasteiger partial charge in [0, 0.05) is 31.4 Å². The van der Waals surface area contributed by atoms with E-state index in [-0.39, 0.29) is 11.5 Å². The first kappa shape index (κ1) is 19.9. The normalized spacial score (nSPS) is 10.6. The summed E-state index contributed by atoms with van der Waals surface area (Å²) in [5.41, 5.74) is 3.99. The van der Waals surface area contributed by atoms with E-state index in [0.29, 0.717) is 19.4 Å². The van der Waals surface area contributed by atoms with Crippen LogP contribution in [-0.2, 0) is 17.8 Å². The fourth-order valence-corrected chi connectivity index (χ4v) is 3.16. The van der Waals surface area contributed by atoms with Gasteiger partial charge in [-0.25, -0.2) is 14.8 Å². The minimum Gasteiger partial charge on any atom is -0.478 e. The third-order valence-electron chi connectivity index (χ3n) is 4.22. The lowest BCUT2D eigenvalue weighted by molar-refractivity contribution is -0.130. The van der Waals surface area contributed by atoms with E-state index in [9.17, 15) is 9.59 Å². The first-order chi connectivity index (χ1) is 12.3. The van der Waals surface area contributed by atoms with Crippen LogP contribution in [0.5, 0.6) is 0 Å². The van der Waals surface area contributed by atoms with Crippen LogP contribution < -0.4 is 0 Å². The maximum Gasteiger partial charge on any atom is 0.335 e. The molecule has 0 saturated heterocycles. The molecule has 1 amide bonds. The molecule has 26 heavy (non-hydrogen) atoms. The quantitative estimate of drug-likeness (QED) is 0.593. The van der Waals surface area contributed by atoms with Crippen LogP contribution in [0, 0.1) is 13.8 Å². The number of nitrogens with zero attached hydrogens (tertiary/aromatic N) is 3. The summed E-state index contributed by atoms with van der Waals surface area (Å²) >= 11 is 1.50. The van der Waals surface area contributed by atoms with Gasteiger partial charge in [0.2, 0.25) is 5.91 Å². The number of amides is 1. The Morgan fingerprint density at radius 1 is 1.12 bits per heavy atom. The van der Waals surface area contributed by atoms with Crippen LogP contribution in [-0.4, -0.2) is 45.2 Å². The molecule has 0 aliphatic heterocycles. The average molecular weight is 373 g/mol. The van der Waals surface area contributed by atoms with Gasteiger partial charge in [-0.3, -0.25) is 4.79 Å². The molecular weight excluding hydrogens is 350 g/mol. The van der Waals surface area contributed by atoms with Crippen molar-refractivity contribution in [3.63, 3.8) is 0 Å². The van der Waals surface area contributed by atoms with Gasteiger partial charge < -0.3 is 10.0 Å². The number of rotatable bonds is 7. The van der Waals surface area contributed by atoms with E-state index in [1.54, 1.807) is 36.2 Å². The van der Waals surface area contributed by atoms with E-state index >= 15 is 0 Å². The molecule has 7 heteroatoms. The Morgan fingerprint density at radius 3 is 2.19 bits per heavy atom. The molecule has 0 atom stereocenters. The van der Waals surface area contributed by atoms with Crippen LogP contribution in [0.3, 0.4) is 0 Å². The average Bonchev–Trinajstić information content (AvgIpc) is 2.60. The predicted octanol–water partition coefficient (Wildman–Crippen LogP) is 3.10. The summed E-state index contributed by atoms with van der Waals surface area (Å²) in [6, 6.07) is 6.56. The molecule has 0 aliphatic carbocycles. The summed E-state index contributed by atoms with van der Waals surface area (Å²) in [5, 5.41) is 9.67. The Labute approximate surface area is 157 Å². The lowest BCUT2D eigenvalue weighted by Gasteiger charge is -2.18. The number of thioether (sulfide) groups is 1. The van der Waals surface area contributed by atoms with Crippen molar-refractivity contribution in [3.05, 3.63) is 52.3 Å². The highest BCUT2D eigenvalue weighted by molar-refractivity contribution is 7.98. The zero-order chi connectivity index (χ0) is 19.3. The molecule has 0 bridgehead atoms. The van der Waals surface area contributed by atoms with E-state index in [1.807, 2.05) is 20.1 Å². The molecule has 1 aromatic carbocycles. The summed E-state index contributed by atoms with van der Waals surface area (Å²) in [5.74, 6) is -0.929. The van der Waals surface area contributed by atoms with Crippen molar-refractivity contribution in [1.29, 1.82) is 0 Å². The first-order valence-electron chi connectivity index (χ1n) is 8.26. The largest absolute Gasteiger partial charge is 0.478 e. The molecule has 0 aliphatic rings. The Bertz CT molecular complexity index is 783. The summed E-state index contributed by atoms with van der Waals surface area (Å²) in [7, 11) is 1.75. The summed E-state index contributed by atoms with van der Waals surface area (Å²) in [6.07, 6.45) is 2.93. The maximum absolute atomic E-state index is 12.4. The molecular formula is C19H23N3O3S. The fraction of sp³-hybridized carbons (Fsp3) is 0.368. The minimum atomic E-state index is -0.957. The molecule has 0 radical (unpaired) electrons. The van der Waals surface area contributed by atoms with Gasteiger partial charge in [-0.1, -0.05) is 23.9 Å². The molecule has 2 rings (SSSR count). The molecule has 1 aromatic heterocycles. The number of carboxylic acids is 1. The molecule has 0 spiro atoms. The van der Waals surface area contributed by atoms with Crippen LogP contribution in [0.25, 0.3) is 0 Å². The van der Waals surface area contributed by atoms with E-state index in [1.165, 1.54) is 11.8 Å². The fourth-order valence-electron chi connectivity index (χ4n) is 2.70. The Balaban J connectivity index is 1.96. The van der Waals surface area contributed by atoms with Crippen LogP contribution in [0.2, 0.25) is 0 Å². The predicted molar refractivity (Wildman–Crippen MR) is 101 cm³/mol. The second-order valence-electron chi connectivity index (χ2n) is 6.11. The SMILES string of the molecule is CSc1nc(C)c(CCC(=O)N(C)Cc2ccc(C(=O)O)cc2)c(C)n1. The van der Waals surface area contributed by atoms with E-state index < -0.39 is 5.97 Å². The molecule has 0 saturated carbocycles. The summed E-state index contributed by atoms with van der Waals surface area (Å²) in [4.78, 5) is 33.8. The van der Waals surface area contributed by atoms with E-state index in [0.717, 1.165) is 27.7 Å². The number of hydrogen-bond acceptors (Lipinski definition) is 5. The van der Waals surface area contributed by atoms with Gasteiger partial charge >= 0.3 is 5.97 Å². The Morgan fingerprint density at radius 2 is 1.69 bits per heavy atom. The number of aryl methyl sites for hydroxylation is 2. The van der Waals surface area contributed by atoms with E-state index in [2.05, 4.69) is 9.97 Å². The second kappa shape index (κ2) is 8.80. The number of carbonyl (C=O) groups excluding carboxylic acids is 1. The van der Waals surface area contributed by atoms with E-state index in [4.69, 9.17) is 5.11 Å². The van der Waals surface area contributed by atoms with Crippen molar-refractivity contribution in [1.82, 2.24) is 14.9 Å². The molecule has 138 valence electrons. The highest BCUT2D eigenvalue weighted by Crippen LogP contribution is 2.17. The van der Waals surface area contributed by atoms with Crippen LogP contribution in [0.1, 0.15) is 39.3 Å². The molecule has 2 aromatic rings. The van der Waals surface area contributed by atoms with Gasteiger partial charge in [-0.2, -0.15) is 0 Å². The number of carbonyl (C=O) groups is 2. The van der Waals surface area contributed by atoms with Crippen molar-refractivity contribution < 1.29 is 14.7 Å². The van der Waals surface area contributed by atoms with Crippen molar-refractivity contribution in [2.45, 2.75) is 38.4 Å². The summed E-state index contributed by atoms with van der Waals surface area (Å²) in [6.45, 7) is 4.34. The lowest BCUT2D eigenvalue weighted by atomic mass is 10.1. The van der Waals surface area contributed by atoms with Crippen LogP contribution in [0.15, 0.2) is 29.4 Å². The number of benzene rings is 1. The molecule has 6 nitrogen and oxygen atoms in total. The van der Waals surface area contributed by atoms with Gasteiger partial charge in [0.15, 0.2) is 5.16 Å². The minimum absolute atomic E-state index is 0.0278. The molecule has 0 unspecified atom stereocenters. The molecule has 1 heterocycles. The van der Waals surface area contributed by atoms with Gasteiger partial charge in [0.1, 0.15) is 0 Å². The topological polar surface area (TPSA) is 83.4 Å². The van der Waals surface area contributed by atoms with Gasteiger partial charge in [-0.15, -0.1) is 0 Å². The number of hydrogen-bond donors (Lipinski definition) is 1. The Kier molecular flexibility index (Phi) is 6.74. The third kappa shape index (κ3) is 5.05. The Hall–Kier alpha value is -2.41. The third-order valence-corrected chi connectivity index (χ3v) is 4.77. The lowest BCUT2D eigenvalue weighted by Crippen LogP contribution is -2.26. The second-order valence-corrected chi connectivity index (χ2v) is 6.88. The van der Waals surface area contributed by atoms with Gasteiger partial charge in [0.25, 0.3) is 0 Å². The molecule has 1 N–H and O–H groups in total. The standard InChI is InChI=1S/C19H23N3O3S/c1-12-16(13(2)21-19(20-12)26-4)9-10-17(23)22(3)11-14-5-7-15(8-6-14)18(24)25/h5-8H,9-11H2,1-4H3,(H,24,25). The van der Waals surface area contributed by atoms with Crippen molar-refractivity contribution in [3.8, 4) is 0 Å². The summed E-state index contributed by atoms with van der Waals surface area (Å²) < 4.78 is 0. The van der Waals surface area contributed by atoms with Gasteiger partial charge in [-0.05, 0) is 49.8 Å². The number of carboxylic acid groups (broad SMARTS) is 1. The number of aromatic nitrogens is 2. The highest BCUT2D eigenvalue weighted by Gasteiger charge is 2.14. The number of aromatic carboxylic acids is 1. The molecule has 0 fully saturated rings. The van der Waals surface area contributed by atoms with Crippen molar-refractivity contribution in [2.24, 2.45) is 0 Å². The smallest absolute Gasteiger partial charge is 0.335 e. The van der Waals surface area contributed by atoms with Gasteiger partial charge in [0.05, 0.1) is 5.56 Å². The zero-order valence-electron chi connectivity index (χ0n) is 15.4. The first-order valence-corrected chi connectivity index (χ1v) is 9.48.